The third kappa shape index (κ3) is 4.00. The molecule has 1 aliphatic rings. The first-order chi connectivity index (χ1) is 9.10. The van der Waals surface area contributed by atoms with Crippen molar-refractivity contribution in [3.05, 3.63) is 23.1 Å². The maximum Gasteiger partial charge on any atom is 0.193 e. The quantitative estimate of drug-likeness (QED) is 0.818. The molecule has 0 saturated heterocycles. The molecule has 2 nitrogen and oxygen atoms in total. The SMILES string of the molecule is CCCNC(c1ccc(Cl)o1)C1CC(C)CC(C)C1. The monoisotopic (exact) mass is 283 g/mol. The van der Waals surface area contributed by atoms with E-state index in [1.165, 1.54) is 19.3 Å². The van der Waals surface area contributed by atoms with Crippen LogP contribution in [-0.4, -0.2) is 6.54 Å². The third-order valence-corrected chi connectivity index (χ3v) is 4.40. The maximum absolute atomic E-state index is 5.94. The van der Waals surface area contributed by atoms with E-state index in [0.717, 1.165) is 30.6 Å². The summed E-state index contributed by atoms with van der Waals surface area (Å²) >= 11 is 5.94. The van der Waals surface area contributed by atoms with Gasteiger partial charge >= 0.3 is 0 Å². The standard InChI is InChI=1S/C16H26ClNO/c1-4-7-18-16(14-5-6-15(17)19-14)13-9-11(2)8-12(3)10-13/h5-6,11-13,16,18H,4,7-10H2,1-3H3. The van der Waals surface area contributed by atoms with Crippen molar-refractivity contribution in [2.45, 2.75) is 52.5 Å². The van der Waals surface area contributed by atoms with Crippen molar-refractivity contribution < 1.29 is 4.42 Å². The van der Waals surface area contributed by atoms with Crippen molar-refractivity contribution in [2.24, 2.45) is 17.8 Å². The lowest BCUT2D eigenvalue weighted by Gasteiger charge is -2.36. The second kappa shape index (κ2) is 6.81. The molecule has 1 aromatic heterocycles. The Balaban J connectivity index is 2.12. The molecule has 1 aromatic rings. The molecular weight excluding hydrogens is 258 g/mol. The highest BCUT2D eigenvalue weighted by Gasteiger charge is 2.32. The predicted octanol–water partition coefficient (Wildman–Crippen LogP) is 5.05. The van der Waals surface area contributed by atoms with E-state index in [1.807, 2.05) is 12.1 Å². The normalized spacial score (nSPS) is 29.4. The van der Waals surface area contributed by atoms with E-state index in [0.29, 0.717) is 17.2 Å². The summed E-state index contributed by atoms with van der Waals surface area (Å²) in [4.78, 5) is 0. The molecule has 0 spiro atoms. The van der Waals surface area contributed by atoms with Gasteiger partial charge in [-0.15, -0.1) is 0 Å². The average molecular weight is 284 g/mol. The highest BCUT2D eigenvalue weighted by atomic mass is 35.5. The molecule has 1 heterocycles. The smallest absolute Gasteiger partial charge is 0.193 e. The van der Waals surface area contributed by atoms with Gasteiger partial charge in [-0.3, -0.25) is 0 Å². The molecule has 0 bridgehead atoms. The molecule has 1 saturated carbocycles. The van der Waals surface area contributed by atoms with Gasteiger partial charge in [-0.2, -0.15) is 0 Å². The Morgan fingerprint density at radius 1 is 1.26 bits per heavy atom. The summed E-state index contributed by atoms with van der Waals surface area (Å²) in [7, 11) is 0. The van der Waals surface area contributed by atoms with Gasteiger partial charge in [0, 0.05) is 0 Å². The fourth-order valence-electron chi connectivity index (χ4n) is 3.58. The largest absolute Gasteiger partial charge is 0.448 e. The summed E-state index contributed by atoms with van der Waals surface area (Å²) in [6.45, 7) is 7.97. The number of halogens is 1. The van der Waals surface area contributed by atoms with Crippen LogP contribution in [-0.2, 0) is 0 Å². The lowest BCUT2D eigenvalue weighted by molar-refractivity contribution is 0.164. The minimum atomic E-state index is 0.317. The second-order valence-corrected chi connectivity index (χ2v) is 6.62. The first kappa shape index (κ1) is 14.9. The highest BCUT2D eigenvalue weighted by molar-refractivity contribution is 6.28. The van der Waals surface area contributed by atoms with Crippen LogP contribution in [0.3, 0.4) is 0 Å². The Kier molecular flexibility index (Phi) is 5.35. The van der Waals surface area contributed by atoms with Crippen LogP contribution in [0.1, 0.15) is 58.3 Å². The molecule has 19 heavy (non-hydrogen) atoms. The topological polar surface area (TPSA) is 25.2 Å². The van der Waals surface area contributed by atoms with E-state index in [9.17, 15) is 0 Å². The zero-order valence-electron chi connectivity index (χ0n) is 12.3. The van der Waals surface area contributed by atoms with Crippen LogP contribution >= 0.6 is 11.6 Å². The number of furan rings is 1. The van der Waals surface area contributed by atoms with Crippen LogP contribution < -0.4 is 5.32 Å². The van der Waals surface area contributed by atoms with Gasteiger partial charge in [-0.25, -0.2) is 0 Å². The number of hydrogen-bond acceptors (Lipinski definition) is 2. The van der Waals surface area contributed by atoms with Gasteiger partial charge in [0.1, 0.15) is 5.76 Å². The first-order valence-corrected chi connectivity index (χ1v) is 7.96. The van der Waals surface area contributed by atoms with E-state index in [2.05, 4.69) is 26.1 Å². The lowest BCUT2D eigenvalue weighted by atomic mass is 9.73. The molecule has 2 rings (SSSR count). The summed E-state index contributed by atoms with van der Waals surface area (Å²) < 4.78 is 5.67. The van der Waals surface area contributed by atoms with Crippen molar-refractivity contribution in [2.75, 3.05) is 6.54 Å². The van der Waals surface area contributed by atoms with Crippen molar-refractivity contribution in [1.82, 2.24) is 5.32 Å². The zero-order valence-corrected chi connectivity index (χ0v) is 13.0. The van der Waals surface area contributed by atoms with E-state index < -0.39 is 0 Å². The van der Waals surface area contributed by atoms with Crippen molar-refractivity contribution in [1.29, 1.82) is 0 Å². The van der Waals surface area contributed by atoms with Gasteiger partial charge in [0.2, 0.25) is 0 Å². The molecule has 0 aliphatic heterocycles. The van der Waals surface area contributed by atoms with Crippen LogP contribution in [0, 0.1) is 17.8 Å². The third-order valence-electron chi connectivity index (χ3n) is 4.20. The Morgan fingerprint density at radius 3 is 2.47 bits per heavy atom. The maximum atomic E-state index is 5.94. The molecular formula is C16H26ClNO. The molecule has 0 amide bonds. The molecule has 3 heteroatoms. The van der Waals surface area contributed by atoms with Gasteiger partial charge in [0.05, 0.1) is 6.04 Å². The first-order valence-electron chi connectivity index (χ1n) is 7.58. The van der Waals surface area contributed by atoms with Crippen LogP contribution in [0.25, 0.3) is 0 Å². The summed E-state index contributed by atoms with van der Waals surface area (Å²) in [6.07, 6.45) is 5.06. The van der Waals surface area contributed by atoms with Crippen molar-refractivity contribution >= 4 is 11.6 Å². The molecule has 1 aliphatic carbocycles. The Hall–Kier alpha value is -0.470. The van der Waals surface area contributed by atoms with E-state index in [4.69, 9.17) is 16.0 Å². The second-order valence-electron chi connectivity index (χ2n) is 6.25. The van der Waals surface area contributed by atoms with Crippen LogP contribution in [0.2, 0.25) is 5.22 Å². The van der Waals surface area contributed by atoms with Gasteiger partial charge in [-0.05, 0) is 73.7 Å². The molecule has 1 N–H and O–H groups in total. The summed E-state index contributed by atoms with van der Waals surface area (Å²) in [5, 5.41) is 4.15. The van der Waals surface area contributed by atoms with Crippen LogP contribution in [0.4, 0.5) is 0 Å². The Bertz CT molecular complexity index is 380. The molecule has 108 valence electrons. The van der Waals surface area contributed by atoms with Gasteiger partial charge < -0.3 is 9.73 Å². The van der Waals surface area contributed by atoms with Crippen molar-refractivity contribution in [3.63, 3.8) is 0 Å². The van der Waals surface area contributed by atoms with Gasteiger partial charge in [0.15, 0.2) is 5.22 Å². The molecule has 3 unspecified atom stereocenters. The summed E-state index contributed by atoms with van der Waals surface area (Å²) in [5.41, 5.74) is 0. The Morgan fingerprint density at radius 2 is 1.95 bits per heavy atom. The predicted molar refractivity (Wildman–Crippen MR) is 80.4 cm³/mol. The van der Waals surface area contributed by atoms with E-state index in [-0.39, 0.29) is 0 Å². The fraction of sp³-hybridized carbons (Fsp3) is 0.750. The molecule has 3 atom stereocenters. The zero-order chi connectivity index (χ0) is 13.8. The fourth-order valence-corrected chi connectivity index (χ4v) is 3.73. The number of hydrogen-bond donors (Lipinski definition) is 1. The summed E-state index contributed by atoms with van der Waals surface area (Å²) in [6, 6.07) is 4.20. The number of nitrogens with one attached hydrogen (secondary N) is 1. The van der Waals surface area contributed by atoms with E-state index in [1.54, 1.807) is 0 Å². The van der Waals surface area contributed by atoms with Gasteiger partial charge in [-0.1, -0.05) is 20.8 Å². The Labute approximate surface area is 121 Å². The molecule has 0 radical (unpaired) electrons. The average Bonchev–Trinajstić information content (AvgIpc) is 2.75. The summed E-state index contributed by atoms with van der Waals surface area (Å²) in [5.74, 6) is 3.28. The highest BCUT2D eigenvalue weighted by Crippen LogP contribution is 2.40. The van der Waals surface area contributed by atoms with Crippen LogP contribution in [0.15, 0.2) is 16.5 Å². The lowest BCUT2D eigenvalue weighted by Crippen LogP contribution is -2.33. The minimum absolute atomic E-state index is 0.317. The van der Waals surface area contributed by atoms with E-state index >= 15 is 0 Å². The molecule has 0 aromatic carbocycles. The minimum Gasteiger partial charge on any atom is -0.448 e. The number of rotatable bonds is 5. The van der Waals surface area contributed by atoms with Gasteiger partial charge in [0.25, 0.3) is 0 Å². The molecule has 1 fully saturated rings. The van der Waals surface area contributed by atoms with Crippen LogP contribution in [0.5, 0.6) is 0 Å². The van der Waals surface area contributed by atoms with Crippen molar-refractivity contribution in [3.8, 4) is 0 Å².